The lowest BCUT2D eigenvalue weighted by Gasteiger charge is -2.01. The summed E-state index contributed by atoms with van der Waals surface area (Å²) in [4.78, 5) is 39.8. The minimum Gasteiger partial charge on any atom is -0.296 e. The summed E-state index contributed by atoms with van der Waals surface area (Å²) in [6, 6.07) is 16.6. The fourth-order valence-corrected chi connectivity index (χ4v) is 3.76. The number of carbonyl (C=O) groups is 2. The van der Waals surface area contributed by atoms with E-state index in [-0.39, 0.29) is 17.2 Å². The summed E-state index contributed by atoms with van der Waals surface area (Å²) < 4.78 is 1.44. The molecular formula is C21H15N5O4S. The number of nitrogens with one attached hydrogen (secondary N) is 1. The van der Waals surface area contributed by atoms with Gasteiger partial charge in [-0.2, -0.15) is 5.10 Å². The summed E-state index contributed by atoms with van der Waals surface area (Å²) in [6.45, 7) is 1.46. The number of rotatable bonds is 6. The third-order valence-electron chi connectivity index (χ3n) is 4.36. The van der Waals surface area contributed by atoms with Gasteiger partial charge in [-0.15, -0.1) is 0 Å². The highest BCUT2D eigenvalue weighted by atomic mass is 32.1. The van der Waals surface area contributed by atoms with E-state index in [0.29, 0.717) is 21.4 Å². The number of nitro groups is 1. The second kappa shape index (κ2) is 8.28. The number of Topliss-reactive ketones (excluding diaryl/α,β-unsaturated/α-hetero) is 1. The van der Waals surface area contributed by atoms with Gasteiger partial charge in [-0.05, 0) is 18.2 Å². The van der Waals surface area contributed by atoms with Crippen molar-refractivity contribution >= 4 is 33.8 Å². The minimum absolute atomic E-state index is 0.0341. The minimum atomic E-state index is -0.487. The number of hydrogen-bond acceptors (Lipinski definition) is 7. The Labute approximate surface area is 180 Å². The Bertz CT molecular complexity index is 1280. The molecule has 0 spiro atoms. The van der Waals surface area contributed by atoms with Gasteiger partial charge < -0.3 is 0 Å². The molecule has 0 radical (unpaired) electrons. The maximum absolute atomic E-state index is 12.6. The monoisotopic (exact) mass is 433 g/mol. The van der Waals surface area contributed by atoms with Gasteiger partial charge in [-0.3, -0.25) is 25.0 Å². The van der Waals surface area contributed by atoms with E-state index in [2.05, 4.69) is 15.4 Å². The third-order valence-corrected chi connectivity index (χ3v) is 5.43. The Morgan fingerprint density at radius 2 is 1.77 bits per heavy atom. The first-order valence-electron chi connectivity index (χ1n) is 9.11. The molecule has 0 saturated heterocycles. The van der Waals surface area contributed by atoms with Crippen molar-refractivity contribution in [2.24, 2.45) is 0 Å². The fraction of sp³-hybridized carbons (Fsp3) is 0.0476. The van der Waals surface area contributed by atoms with E-state index >= 15 is 0 Å². The number of aromatic nitrogens is 3. The van der Waals surface area contributed by atoms with E-state index in [0.717, 1.165) is 16.9 Å². The fourth-order valence-electron chi connectivity index (χ4n) is 2.88. The number of anilines is 1. The van der Waals surface area contributed by atoms with Gasteiger partial charge in [0.1, 0.15) is 0 Å². The molecule has 1 N–H and O–H groups in total. The van der Waals surface area contributed by atoms with Crippen LogP contribution in [-0.4, -0.2) is 31.4 Å². The second-order valence-corrected chi connectivity index (χ2v) is 7.49. The maximum Gasteiger partial charge on any atom is 0.277 e. The number of nitro benzene ring substituents is 1. The molecule has 0 aliphatic heterocycles. The molecule has 2 aromatic carbocycles. The molecule has 4 aromatic rings. The van der Waals surface area contributed by atoms with Gasteiger partial charge in [-0.1, -0.05) is 41.7 Å². The van der Waals surface area contributed by atoms with Gasteiger partial charge in [0, 0.05) is 30.8 Å². The molecule has 0 fully saturated rings. The van der Waals surface area contributed by atoms with Crippen LogP contribution in [0.4, 0.5) is 10.8 Å². The van der Waals surface area contributed by atoms with Crippen molar-refractivity contribution in [1.82, 2.24) is 14.8 Å². The van der Waals surface area contributed by atoms with Crippen LogP contribution in [0.5, 0.6) is 0 Å². The van der Waals surface area contributed by atoms with Crippen LogP contribution >= 0.6 is 11.3 Å². The lowest BCUT2D eigenvalue weighted by Crippen LogP contribution is -2.13. The average molecular weight is 433 g/mol. The first-order chi connectivity index (χ1) is 14.9. The molecule has 0 atom stereocenters. The number of ketones is 1. The van der Waals surface area contributed by atoms with Gasteiger partial charge in [0.25, 0.3) is 11.6 Å². The summed E-state index contributed by atoms with van der Waals surface area (Å²) >= 11 is 1.10. The van der Waals surface area contributed by atoms with Crippen molar-refractivity contribution < 1.29 is 14.5 Å². The van der Waals surface area contributed by atoms with Crippen molar-refractivity contribution in [1.29, 1.82) is 0 Å². The highest BCUT2D eigenvalue weighted by Gasteiger charge is 2.19. The number of non-ortho nitro benzene ring substituents is 1. The van der Waals surface area contributed by atoms with Gasteiger partial charge in [0.2, 0.25) is 0 Å². The van der Waals surface area contributed by atoms with Gasteiger partial charge in [-0.25, -0.2) is 9.67 Å². The second-order valence-electron chi connectivity index (χ2n) is 6.49. The summed E-state index contributed by atoms with van der Waals surface area (Å²) in [5, 5.41) is 18.0. The Hall–Kier alpha value is -4.18. The van der Waals surface area contributed by atoms with E-state index in [1.165, 1.54) is 29.8 Å². The number of carbonyl (C=O) groups excluding carboxylic acids is 2. The Morgan fingerprint density at radius 1 is 1.06 bits per heavy atom. The zero-order valence-corrected chi connectivity index (χ0v) is 17.0. The molecule has 2 aromatic heterocycles. The largest absolute Gasteiger partial charge is 0.296 e. The van der Waals surface area contributed by atoms with E-state index in [9.17, 15) is 19.7 Å². The van der Waals surface area contributed by atoms with Gasteiger partial charge in [0.15, 0.2) is 16.6 Å². The van der Waals surface area contributed by atoms with Crippen LogP contribution in [0, 0.1) is 10.1 Å². The third kappa shape index (κ3) is 4.23. The standard InChI is InChI=1S/C21H15N5O4S/c1-13(27)19-18(14-5-3-2-4-6-14)22-21(31-19)23-20(28)17-11-12-25(24-17)15-7-9-16(10-8-15)26(29)30/h2-12H,1H3,(H,22,23,28). The molecule has 0 aliphatic carbocycles. The lowest BCUT2D eigenvalue weighted by molar-refractivity contribution is -0.384. The lowest BCUT2D eigenvalue weighted by atomic mass is 10.1. The normalized spacial score (nSPS) is 10.6. The molecule has 0 saturated carbocycles. The number of nitrogens with zero attached hydrogens (tertiary/aromatic N) is 4. The molecule has 0 bridgehead atoms. The molecular weight excluding hydrogens is 418 g/mol. The number of benzene rings is 2. The zero-order chi connectivity index (χ0) is 22.0. The smallest absolute Gasteiger partial charge is 0.277 e. The van der Waals surface area contributed by atoms with E-state index in [1.54, 1.807) is 18.3 Å². The molecule has 154 valence electrons. The van der Waals surface area contributed by atoms with E-state index in [4.69, 9.17) is 0 Å². The maximum atomic E-state index is 12.6. The Morgan fingerprint density at radius 3 is 2.42 bits per heavy atom. The molecule has 1 amide bonds. The van der Waals surface area contributed by atoms with Crippen molar-refractivity contribution in [2.75, 3.05) is 5.32 Å². The van der Waals surface area contributed by atoms with E-state index < -0.39 is 10.8 Å². The predicted octanol–water partition coefficient (Wildman–Crippen LogP) is 4.36. The first kappa shape index (κ1) is 20.1. The van der Waals surface area contributed by atoms with Crippen molar-refractivity contribution in [3.05, 3.63) is 87.5 Å². The summed E-state index contributed by atoms with van der Waals surface area (Å²) in [7, 11) is 0. The number of hydrogen-bond donors (Lipinski definition) is 1. The van der Waals surface area contributed by atoms with Crippen LogP contribution in [0.15, 0.2) is 66.9 Å². The Balaban J connectivity index is 1.55. The predicted molar refractivity (Wildman–Crippen MR) is 116 cm³/mol. The molecule has 4 rings (SSSR count). The van der Waals surface area contributed by atoms with Crippen molar-refractivity contribution in [3.63, 3.8) is 0 Å². The molecule has 10 heteroatoms. The highest BCUT2D eigenvalue weighted by molar-refractivity contribution is 7.18. The molecule has 9 nitrogen and oxygen atoms in total. The molecule has 0 aliphatic rings. The highest BCUT2D eigenvalue weighted by Crippen LogP contribution is 2.31. The van der Waals surface area contributed by atoms with Crippen LogP contribution in [0.2, 0.25) is 0 Å². The SMILES string of the molecule is CC(=O)c1sc(NC(=O)c2ccn(-c3ccc([N+](=O)[O-])cc3)n2)nc1-c1ccccc1. The van der Waals surface area contributed by atoms with Crippen molar-refractivity contribution in [3.8, 4) is 16.9 Å². The van der Waals surface area contributed by atoms with Crippen LogP contribution in [0.1, 0.15) is 27.1 Å². The Kier molecular flexibility index (Phi) is 5.37. The quantitative estimate of drug-likeness (QED) is 0.274. The van der Waals surface area contributed by atoms with Gasteiger partial charge >= 0.3 is 0 Å². The van der Waals surface area contributed by atoms with Crippen LogP contribution in [-0.2, 0) is 0 Å². The van der Waals surface area contributed by atoms with Gasteiger partial charge in [0.05, 0.1) is 21.2 Å². The topological polar surface area (TPSA) is 120 Å². The number of amides is 1. The zero-order valence-electron chi connectivity index (χ0n) is 16.2. The summed E-state index contributed by atoms with van der Waals surface area (Å²) in [6.07, 6.45) is 1.58. The van der Waals surface area contributed by atoms with Crippen LogP contribution in [0.25, 0.3) is 16.9 Å². The van der Waals surface area contributed by atoms with Crippen LogP contribution < -0.4 is 5.32 Å². The molecule has 31 heavy (non-hydrogen) atoms. The van der Waals surface area contributed by atoms with Crippen LogP contribution in [0.3, 0.4) is 0 Å². The van der Waals surface area contributed by atoms with Crippen molar-refractivity contribution in [2.45, 2.75) is 6.92 Å². The average Bonchev–Trinajstić information content (AvgIpc) is 3.42. The molecule has 0 unspecified atom stereocenters. The molecule has 2 heterocycles. The van der Waals surface area contributed by atoms with E-state index in [1.807, 2.05) is 30.3 Å². The summed E-state index contributed by atoms with van der Waals surface area (Å²) in [5.41, 5.74) is 1.98. The number of thiazole rings is 1. The first-order valence-corrected chi connectivity index (χ1v) is 9.93. The summed E-state index contributed by atoms with van der Waals surface area (Å²) in [5.74, 6) is -0.622.